The highest BCUT2D eigenvalue weighted by Crippen LogP contribution is 2.14. The topological polar surface area (TPSA) is 78.8 Å². The number of rotatable bonds is 9. The summed E-state index contributed by atoms with van der Waals surface area (Å²) < 4.78 is 5.29. The Morgan fingerprint density at radius 1 is 1.12 bits per heavy atom. The fourth-order valence-electron chi connectivity index (χ4n) is 2.25. The molecule has 0 aliphatic heterocycles. The van der Waals surface area contributed by atoms with Crippen molar-refractivity contribution in [2.24, 2.45) is 0 Å². The number of carboxylic acids is 1. The van der Waals surface area contributed by atoms with Gasteiger partial charge in [0.25, 0.3) is 0 Å². The molecule has 128 valence electrons. The summed E-state index contributed by atoms with van der Waals surface area (Å²) in [5.41, 5.74) is 2.02. The van der Waals surface area contributed by atoms with Gasteiger partial charge in [0.05, 0.1) is 6.10 Å². The Bertz CT molecular complexity index is 628. The second kappa shape index (κ2) is 9.05. The molecular weight excluding hydrogens is 306 g/mol. The second-order valence-electron chi connectivity index (χ2n) is 5.62. The number of ether oxygens (including phenoxy) is 1. The second-order valence-corrected chi connectivity index (χ2v) is 5.62. The van der Waals surface area contributed by atoms with Crippen LogP contribution in [0.5, 0.6) is 5.75 Å². The number of nitrogens with one attached hydrogen (secondary N) is 1. The summed E-state index contributed by atoms with van der Waals surface area (Å²) in [4.78, 5) is 10.7. The minimum atomic E-state index is -0.986. The van der Waals surface area contributed by atoms with Gasteiger partial charge in [0.2, 0.25) is 0 Å². The summed E-state index contributed by atoms with van der Waals surface area (Å²) in [6.45, 7) is 2.75. The zero-order valence-corrected chi connectivity index (χ0v) is 13.7. The van der Waals surface area contributed by atoms with E-state index in [0.717, 1.165) is 24.1 Å². The molecule has 0 saturated carbocycles. The molecule has 0 fully saturated rings. The molecule has 0 radical (unpaired) electrons. The number of hydrogen-bond acceptors (Lipinski definition) is 4. The van der Waals surface area contributed by atoms with Crippen LogP contribution in [0.3, 0.4) is 0 Å². The zero-order chi connectivity index (χ0) is 17.4. The molecule has 0 heterocycles. The molecule has 0 aliphatic rings. The van der Waals surface area contributed by atoms with Gasteiger partial charge in [0.15, 0.2) is 6.10 Å². The highest BCUT2D eigenvalue weighted by Gasteiger charge is 2.12. The fourth-order valence-corrected chi connectivity index (χ4v) is 2.25. The summed E-state index contributed by atoms with van der Waals surface area (Å²) in [5, 5.41) is 22.1. The van der Waals surface area contributed by atoms with Crippen LogP contribution in [0.2, 0.25) is 0 Å². The minimum absolute atomic E-state index is 0.501. The lowest BCUT2D eigenvalue weighted by atomic mass is 10.1. The molecule has 2 rings (SSSR count). The lowest BCUT2D eigenvalue weighted by Crippen LogP contribution is -2.24. The van der Waals surface area contributed by atoms with Crippen LogP contribution in [0.1, 0.15) is 24.2 Å². The molecule has 0 saturated heterocycles. The van der Waals surface area contributed by atoms with Crippen molar-refractivity contribution in [3.05, 3.63) is 65.7 Å². The lowest BCUT2D eigenvalue weighted by molar-refractivity contribution is -0.144. The maximum atomic E-state index is 10.7. The number of hydrogen-bond donors (Lipinski definition) is 3. The SMILES string of the molecule is C[C@@H](Oc1ccc(CCNCC(O)c2ccccc2)cc1)C(=O)O. The third-order valence-corrected chi connectivity index (χ3v) is 3.70. The summed E-state index contributed by atoms with van der Waals surface area (Å²) in [6.07, 6.45) is -0.563. The number of aliphatic hydroxyl groups excluding tert-OH is 1. The van der Waals surface area contributed by atoms with Crippen LogP contribution >= 0.6 is 0 Å². The largest absolute Gasteiger partial charge is 0.479 e. The Kier molecular flexibility index (Phi) is 6.78. The van der Waals surface area contributed by atoms with Gasteiger partial charge in [-0.15, -0.1) is 0 Å². The first-order chi connectivity index (χ1) is 11.6. The monoisotopic (exact) mass is 329 g/mol. The number of carboxylic acid groups (broad SMARTS) is 1. The third-order valence-electron chi connectivity index (χ3n) is 3.70. The highest BCUT2D eigenvalue weighted by atomic mass is 16.5. The standard InChI is InChI=1S/C19H23NO4/c1-14(19(22)23)24-17-9-7-15(8-10-17)11-12-20-13-18(21)16-5-3-2-4-6-16/h2-10,14,18,20-21H,11-13H2,1H3,(H,22,23)/t14-,18?/m1/s1. The average molecular weight is 329 g/mol. The van der Waals surface area contributed by atoms with E-state index in [1.54, 1.807) is 12.1 Å². The molecule has 0 bridgehead atoms. The Hall–Kier alpha value is -2.37. The smallest absolute Gasteiger partial charge is 0.344 e. The van der Waals surface area contributed by atoms with E-state index in [4.69, 9.17) is 9.84 Å². The van der Waals surface area contributed by atoms with Crippen molar-refractivity contribution in [1.29, 1.82) is 0 Å². The van der Waals surface area contributed by atoms with Gasteiger partial charge in [-0.3, -0.25) is 0 Å². The van der Waals surface area contributed by atoms with Crippen LogP contribution in [-0.4, -0.2) is 35.4 Å². The predicted molar refractivity (Wildman–Crippen MR) is 92.1 cm³/mol. The van der Waals surface area contributed by atoms with Crippen molar-refractivity contribution in [3.63, 3.8) is 0 Å². The van der Waals surface area contributed by atoms with E-state index in [2.05, 4.69) is 5.32 Å². The Balaban J connectivity index is 1.72. The van der Waals surface area contributed by atoms with Crippen molar-refractivity contribution < 1.29 is 19.7 Å². The number of aliphatic carboxylic acids is 1. The molecule has 0 amide bonds. The van der Waals surface area contributed by atoms with Crippen molar-refractivity contribution in [2.45, 2.75) is 25.6 Å². The predicted octanol–water partition coefficient (Wildman–Crippen LogP) is 2.40. The molecule has 0 aliphatic carbocycles. The zero-order valence-electron chi connectivity index (χ0n) is 13.7. The lowest BCUT2D eigenvalue weighted by Gasteiger charge is -2.13. The molecule has 0 aromatic heterocycles. The number of carbonyl (C=O) groups is 1. The summed E-state index contributed by atoms with van der Waals surface area (Å²) >= 11 is 0. The number of benzene rings is 2. The van der Waals surface area contributed by atoms with Gasteiger partial charge in [-0.05, 0) is 43.1 Å². The molecule has 2 aromatic carbocycles. The molecule has 3 N–H and O–H groups in total. The molecule has 1 unspecified atom stereocenters. The van der Waals surface area contributed by atoms with Gasteiger partial charge in [-0.2, -0.15) is 0 Å². The van der Waals surface area contributed by atoms with Crippen LogP contribution < -0.4 is 10.1 Å². The first-order valence-electron chi connectivity index (χ1n) is 7.98. The fraction of sp³-hybridized carbons (Fsp3) is 0.316. The van der Waals surface area contributed by atoms with Gasteiger partial charge in [-0.1, -0.05) is 42.5 Å². The molecule has 2 aromatic rings. The van der Waals surface area contributed by atoms with Crippen molar-refractivity contribution >= 4 is 5.97 Å². The van der Waals surface area contributed by atoms with Gasteiger partial charge in [0, 0.05) is 6.54 Å². The van der Waals surface area contributed by atoms with Gasteiger partial charge < -0.3 is 20.3 Å². The normalized spacial score (nSPS) is 13.2. The van der Waals surface area contributed by atoms with E-state index in [1.807, 2.05) is 42.5 Å². The summed E-state index contributed by atoms with van der Waals surface area (Å²) in [7, 11) is 0. The molecule has 2 atom stereocenters. The van der Waals surface area contributed by atoms with E-state index in [0.29, 0.717) is 12.3 Å². The third kappa shape index (κ3) is 5.68. The minimum Gasteiger partial charge on any atom is -0.479 e. The van der Waals surface area contributed by atoms with Crippen LogP contribution in [0.25, 0.3) is 0 Å². The maximum Gasteiger partial charge on any atom is 0.344 e. The molecule has 5 nitrogen and oxygen atoms in total. The quantitative estimate of drug-likeness (QED) is 0.616. The van der Waals surface area contributed by atoms with Crippen LogP contribution in [0.15, 0.2) is 54.6 Å². The van der Waals surface area contributed by atoms with Crippen molar-refractivity contribution in [3.8, 4) is 5.75 Å². The Labute approximate surface area is 141 Å². The average Bonchev–Trinajstić information content (AvgIpc) is 2.60. The van der Waals surface area contributed by atoms with Crippen LogP contribution in [0, 0.1) is 0 Å². The van der Waals surface area contributed by atoms with E-state index in [1.165, 1.54) is 6.92 Å². The highest BCUT2D eigenvalue weighted by molar-refractivity contribution is 5.72. The van der Waals surface area contributed by atoms with E-state index in [-0.39, 0.29) is 0 Å². The Morgan fingerprint density at radius 3 is 2.42 bits per heavy atom. The van der Waals surface area contributed by atoms with Crippen molar-refractivity contribution in [2.75, 3.05) is 13.1 Å². The summed E-state index contributed by atoms with van der Waals surface area (Å²) in [6, 6.07) is 16.9. The van der Waals surface area contributed by atoms with Gasteiger partial charge in [0.1, 0.15) is 5.75 Å². The van der Waals surface area contributed by atoms with E-state index in [9.17, 15) is 9.90 Å². The molecular formula is C19H23NO4. The Morgan fingerprint density at radius 2 is 1.79 bits per heavy atom. The molecule has 24 heavy (non-hydrogen) atoms. The van der Waals surface area contributed by atoms with Crippen molar-refractivity contribution in [1.82, 2.24) is 5.32 Å². The first-order valence-corrected chi connectivity index (χ1v) is 7.98. The first kappa shape index (κ1) is 18.0. The van der Waals surface area contributed by atoms with Gasteiger partial charge in [-0.25, -0.2) is 4.79 Å². The molecule has 0 spiro atoms. The molecule has 5 heteroatoms. The van der Waals surface area contributed by atoms with E-state index < -0.39 is 18.2 Å². The summed E-state index contributed by atoms with van der Waals surface area (Å²) in [5.74, 6) is -0.443. The van der Waals surface area contributed by atoms with E-state index >= 15 is 0 Å². The van der Waals surface area contributed by atoms with Crippen LogP contribution in [-0.2, 0) is 11.2 Å². The van der Waals surface area contributed by atoms with Gasteiger partial charge >= 0.3 is 5.97 Å². The maximum absolute atomic E-state index is 10.7. The van der Waals surface area contributed by atoms with Crippen LogP contribution in [0.4, 0.5) is 0 Å². The number of aliphatic hydroxyl groups is 1.